The number of hydrogen-bond donors (Lipinski definition) is 1. The monoisotopic (exact) mass is 818 g/mol. The molecule has 6 aliphatic heterocycles. The fraction of sp³-hybridized carbons (Fsp3) is 0.894. The normalized spacial score (nSPS) is 49.5. The first-order valence-electron chi connectivity index (χ1n) is 23.0. The van der Waals surface area contributed by atoms with Crippen molar-refractivity contribution < 1.29 is 52.9 Å². The molecular formula is C47H79Cl2N4O3+. The summed E-state index contributed by atoms with van der Waals surface area (Å²) in [5.41, 5.74) is 2.59. The molecule has 1 N–H and O–H groups in total. The maximum absolute atomic E-state index is 13.7. The number of nitrogens with one attached hydrogen (secondary N) is 1. The summed E-state index contributed by atoms with van der Waals surface area (Å²) in [5.74, 6) is 4.44. The van der Waals surface area contributed by atoms with Crippen molar-refractivity contribution in [3.8, 4) is 0 Å². The van der Waals surface area contributed by atoms with Crippen LogP contribution < -0.4 is 29.7 Å². The van der Waals surface area contributed by atoms with Gasteiger partial charge >= 0.3 is 5.97 Å². The van der Waals surface area contributed by atoms with Gasteiger partial charge in [0.2, 0.25) is 0 Å². The van der Waals surface area contributed by atoms with Gasteiger partial charge in [0.15, 0.2) is 6.54 Å². The Hall–Kier alpha value is -0.830. The van der Waals surface area contributed by atoms with E-state index in [1.807, 2.05) is 0 Å². The van der Waals surface area contributed by atoms with E-state index in [4.69, 9.17) is 9.47 Å². The van der Waals surface area contributed by atoms with Crippen molar-refractivity contribution in [2.75, 3.05) is 98.2 Å². The number of ether oxygens (including phenoxy) is 2. The van der Waals surface area contributed by atoms with Crippen molar-refractivity contribution in [1.29, 1.82) is 0 Å². The first-order valence-corrected chi connectivity index (χ1v) is 23.0. The zero-order chi connectivity index (χ0) is 37.9. The van der Waals surface area contributed by atoms with Gasteiger partial charge in [-0.25, -0.2) is 4.79 Å². The minimum atomic E-state index is -0.00262. The lowest BCUT2D eigenvalue weighted by Crippen LogP contribution is -3.19. The zero-order valence-corrected chi connectivity index (χ0v) is 37.9. The molecule has 6 saturated heterocycles. The molecule has 0 radical (unpaired) electrons. The number of carbonyl (C=O) groups is 1. The van der Waals surface area contributed by atoms with Gasteiger partial charge < -0.3 is 48.2 Å². The van der Waals surface area contributed by atoms with Crippen LogP contribution in [0.2, 0.25) is 0 Å². The number of quaternary nitrogens is 3. The average Bonchev–Trinajstić information content (AvgIpc) is 3.54. The first-order chi connectivity index (χ1) is 25.6. The Morgan fingerprint density at radius 3 is 2.02 bits per heavy atom. The number of halogens is 2. The van der Waals surface area contributed by atoms with E-state index in [2.05, 4.69) is 59.6 Å². The number of piperazine rings is 6. The Balaban J connectivity index is 0.00000240. The van der Waals surface area contributed by atoms with Crippen molar-refractivity contribution >= 4 is 5.97 Å². The summed E-state index contributed by atoms with van der Waals surface area (Å²) in [6.45, 7) is 41.9. The third-order valence-electron chi connectivity index (χ3n) is 20.5. The Bertz CT molecular complexity index is 1490. The van der Waals surface area contributed by atoms with Crippen molar-refractivity contribution in [2.45, 2.75) is 112 Å². The third-order valence-corrected chi connectivity index (χ3v) is 20.5. The molecule has 5 aliphatic carbocycles. The molecule has 6 heterocycles. The first kappa shape index (κ1) is 43.3. The molecule has 56 heavy (non-hydrogen) atoms. The Morgan fingerprint density at radius 1 is 0.732 bits per heavy atom. The van der Waals surface area contributed by atoms with E-state index in [1.165, 1.54) is 127 Å². The second-order valence-electron chi connectivity index (χ2n) is 22.9. The Kier molecular flexibility index (Phi) is 11.6. The van der Waals surface area contributed by atoms with E-state index in [-0.39, 0.29) is 53.1 Å². The molecule has 11 fully saturated rings. The van der Waals surface area contributed by atoms with E-state index in [0.29, 0.717) is 35.1 Å². The fourth-order valence-electron chi connectivity index (χ4n) is 17.0. The number of carbonyl (C=O) groups excluding carboxylic acids is 1. The van der Waals surface area contributed by atoms with Crippen LogP contribution in [0.5, 0.6) is 0 Å². The van der Waals surface area contributed by atoms with Gasteiger partial charge in [-0.1, -0.05) is 53.3 Å². The average molecular weight is 819 g/mol. The number of allylic oxidation sites excluding steroid dienone is 1. The summed E-state index contributed by atoms with van der Waals surface area (Å²) in [5, 5.41) is 0. The Morgan fingerprint density at radius 2 is 1.38 bits per heavy atom. The summed E-state index contributed by atoms with van der Waals surface area (Å²) in [4.78, 5) is 18.1. The molecular weight excluding hydrogens is 739 g/mol. The highest BCUT2D eigenvalue weighted by Crippen LogP contribution is 2.77. The van der Waals surface area contributed by atoms with Gasteiger partial charge in [-0.15, -0.1) is 0 Å². The summed E-state index contributed by atoms with van der Waals surface area (Å²) < 4.78 is 15.7. The SMILES string of the molecule is C=C(C[N+]12CCN(CC1)CC2)OC[C@]12CC[C@@H](C(=C)C)C1C1CCC3[C@@]4(C)CC[C@H](OC(=O)C[N+]56CC[NH+](CC5)CC6)C(C)(C)C4CC[C@@]3(C)[C@]1(C)CC2.[Cl-].[Cl-]. The molecule has 0 amide bonds. The third kappa shape index (κ3) is 6.59. The maximum Gasteiger partial charge on any atom is 0.362 e. The minimum Gasteiger partial charge on any atom is -1.00 e. The molecule has 0 aromatic rings. The van der Waals surface area contributed by atoms with Gasteiger partial charge in [0.25, 0.3) is 0 Å². The van der Waals surface area contributed by atoms with Crippen LogP contribution in [0.1, 0.15) is 106 Å². The molecule has 4 unspecified atom stereocenters. The number of nitrogens with zero attached hydrogens (tertiary/aromatic N) is 3. The highest BCUT2D eigenvalue weighted by molar-refractivity contribution is 5.71. The van der Waals surface area contributed by atoms with Gasteiger partial charge in [-0.3, -0.25) is 4.90 Å². The predicted molar refractivity (Wildman–Crippen MR) is 215 cm³/mol. The molecule has 318 valence electrons. The van der Waals surface area contributed by atoms with Crippen LogP contribution in [0.25, 0.3) is 0 Å². The van der Waals surface area contributed by atoms with Crippen LogP contribution in [0, 0.1) is 56.7 Å². The zero-order valence-electron chi connectivity index (χ0n) is 36.4. The second-order valence-corrected chi connectivity index (χ2v) is 22.9. The van der Waals surface area contributed by atoms with Gasteiger partial charge in [0.1, 0.15) is 57.7 Å². The number of esters is 1. The van der Waals surface area contributed by atoms with Crippen LogP contribution in [-0.4, -0.2) is 124 Å². The summed E-state index contributed by atoms with van der Waals surface area (Å²) in [6.07, 6.45) is 12.8. The van der Waals surface area contributed by atoms with Crippen LogP contribution in [0.3, 0.4) is 0 Å². The molecule has 0 spiro atoms. The second kappa shape index (κ2) is 15.0. The minimum absolute atomic E-state index is 0. The van der Waals surface area contributed by atoms with Crippen LogP contribution in [0.4, 0.5) is 0 Å². The van der Waals surface area contributed by atoms with Crippen LogP contribution in [-0.2, 0) is 14.3 Å². The molecule has 7 nitrogen and oxygen atoms in total. The topological polar surface area (TPSA) is 43.2 Å². The smallest absolute Gasteiger partial charge is 0.362 e. The van der Waals surface area contributed by atoms with Crippen LogP contribution >= 0.6 is 0 Å². The standard InChI is InChI=1S/C47H78N4O3.2ClH/c1-34(2)36-11-16-47(33-53-35(3)31-50-25-19-48(20-26-50)21-27-50)18-17-45(7)37(42(36)47)9-10-39-44(6)14-13-40(43(4,5)38(44)12-15-46(39,45)8)54-41(52)32-51-28-22-49(23-29-51)24-30-51;;/h36-40,42H,1,3,9-33H2,2,4-8H3;2*1H/q+2;;/p-1/t36-,37?,38?,39?,40-,42?,44-,45+,46+,47+;;/m0../s1. The fourth-order valence-corrected chi connectivity index (χ4v) is 17.0. The number of rotatable bonds is 9. The lowest BCUT2D eigenvalue weighted by atomic mass is 9.32. The molecule has 5 saturated carbocycles. The molecule has 9 heteroatoms. The summed E-state index contributed by atoms with van der Waals surface area (Å²) in [7, 11) is 0. The van der Waals surface area contributed by atoms with E-state index >= 15 is 0 Å². The molecule has 11 aliphatic rings. The van der Waals surface area contributed by atoms with Crippen molar-refractivity contribution in [3.05, 3.63) is 24.5 Å². The van der Waals surface area contributed by atoms with Crippen molar-refractivity contribution in [1.82, 2.24) is 4.90 Å². The lowest BCUT2D eigenvalue weighted by Gasteiger charge is -2.73. The van der Waals surface area contributed by atoms with E-state index < -0.39 is 0 Å². The summed E-state index contributed by atoms with van der Waals surface area (Å²) in [6, 6.07) is 0. The molecule has 4 bridgehead atoms. The predicted octanol–water partition coefficient (Wildman–Crippen LogP) is -0.0310. The van der Waals surface area contributed by atoms with Crippen molar-refractivity contribution in [3.63, 3.8) is 0 Å². The van der Waals surface area contributed by atoms with Crippen LogP contribution in [0.15, 0.2) is 24.5 Å². The van der Waals surface area contributed by atoms with Gasteiger partial charge in [-0.2, -0.15) is 0 Å². The molecule has 0 aromatic heterocycles. The molecule has 11 rings (SSSR count). The van der Waals surface area contributed by atoms with Gasteiger partial charge in [0, 0.05) is 30.5 Å². The van der Waals surface area contributed by atoms with E-state index in [1.54, 1.807) is 4.90 Å². The highest BCUT2D eigenvalue weighted by atomic mass is 35.5. The van der Waals surface area contributed by atoms with Crippen molar-refractivity contribution in [2.24, 2.45) is 56.7 Å². The Labute approximate surface area is 353 Å². The number of fused-ring (bicyclic) bond motifs is 13. The van der Waals surface area contributed by atoms with E-state index in [9.17, 15) is 4.79 Å². The van der Waals surface area contributed by atoms with Gasteiger partial charge in [0.05, 0.1) is 26.2 Å². The van der Waals surface area contributed by atoms with Gasteiger partial charge in [-0.05, 0) is 117 Å². The largest absolute Gasteiger partial charge is 1.00 e. The lowest BCUT2D eigenvalue weighted by molar-refractivity contribution is -1.07. The van der Waals surface area contributed by atoms with E-state index in [0.717, 1.165) is 61.3 Å². The number of hydrogen-bond acceptors (Lipinski definition) is 4. The summed E-state index contributed by atoms with van der Waals surface area (Å²) >= 11 is 0. The maximum atomic E-state index is 13.7. The quantitative estimate of drug-likeness (QED) is 0.154. The highest BCUT2D eigenvalue weighted by Gasteiger charge is 2.71. The molecule has 10 atom stereocenters. The molecule has 0 aromatic carbocycles.